The maximum Gasteiger partial charge on any atom is 0.145 e. The Morgan fingerprint density at radius 2 is 2.27 bits per heavy atom. The average molecular weight is 310 g/mol. The number of fused-ring (bicyclic) bond motifs is 1. The van der Waals surface area contributed by atoms with Gasteiger partial charge < -0.3 is 9.88 Å². The highest BCUT2D eigenvalue weighted by Gasteiger charge is 2.17. The second-order valence-corrected chi connectivity index (χ2v) is 6.19. The number of aryl methyl sites for hydroxylation is 1. The maximum absolute atomic E-state index is 4.46. The summed E-state index contributed by atoms with van der Waals surface area (Å²) in [6, 6.07) is 4.07. The lowest BCUT2D eigenvalue weighted by atomic mass is 10.2. The minimum Gasteiger partial charge on any atom is -0.346 e. The summed E-state index contributed by atoms with van der Waals surface area (Å²) in [5.74, 6) is 1.94. The van der Waals surface area contributed by atoms with Crippen LogP contribution in [0.1, 0.15) is 11.3 Å². The third-order valence-electron chi connectivity index (χ3n) is 3.53. The fraction of sp³-hybridized carbons (Fsp3) is 0.200. The lowest BCUT2D eigenvalue weighted by Gasteiger charge is -2.26. The van der Waals surface area contributed by atoms with Gasteiger partial charge in [0.25, 0.3) is 0 Å². The molecule has 110 valence electrons. The number of aromatic nitrogens is 5. The van der Waals surface area contributed by atoms with E-state index in [-0.39, 0.29) is 0 Å². The summed E-state index contributed by atoms with van der Waals surface area (Å²) in [5, 5.41) is 9.10. The van der Waals surface area contributed by atoms with Crippen molar-refractivity contribution in [3.05, 3.63) is 48.3 Å². The maximum atomic E-state index is 4.46. The Labute approximate surface area is 131 Å². The molecule has 0 fully saturated rings. The molecule has 0 saturated carbocycles. The van der Waals surface area contributed by atoms with Crippen LogP contribution in [0, 0.1) is 6.92 Å². The van der Waals surface area contributed by atoms with Gasteiger partial charge in [0.05, 0.1) is 17.3 Å². The van der Waals surface area contributed by atoms with Gasteiger partial charge in [-0.2, -0.15) is 10.2 Å². The van der Waals surface area contributed by atoms with E-state index < -0.39 is 0 Å². The number of nitrogens with one attached hydrogen (secondary N) is 1. The summed E-state index contributed by atoms with van der Waals surface area (Å²) in [7, 11) is 0. The van der Waals surface area contributed by atoms with E-state index in [0.717, 1.165) is 40.4 Å². The zero-order chi connectivity index (χ0) is 14.9. The quantitative estimate of drug-likeness (QED) is 0.784. The lowest BCUT2D eigenvalue weighted by Crippen LogP contribution is -2.24. The van der Waals surface area contributed by atoms with Crippen LogP contribution in [0.2, 0.25) is 0 Å². The molecule has 1 N–H and O–H groups in total. The molecule has 0 bridgehead atoms. The van der Waals surface area contributed by atoms with Gasteiger partial charge in [-0.05, 0) is 19.1 Å². The first-order chi connectivity index (χ1) is 10.8. The molecule has 0 saturated heterocycles. The first kappa shape index (κ1) is 13.3. The summed E-state index contributed by atoms with van der Waals surface area (Å²) in [5.41, 5.74) is 2.88. The number of rotatable bonds is 2. The molecule has 4 rings (SSSR count). The number of nitrogens with zero attached hydrogens (tertiary/aromatic N) is 5. The molecule has 0 aromatic carbocycles. The Morgan fingerprint density at radius 3 is 3.18 bits per heavy atom. The Hall–Kier alpha value is -2.41. The van der Waals surface area contributed by atoms with Crippen molar-refractivity contribution < 1.29 is 0 Å². The van der Waals surface area contributed by atoms with Crippen molar-refractivity contribution in [2.24, 2.45) is 0 Å². The van der Waals surface area contributed by atoms with Crippen molar-refractivity contribution in [3.8, 4) is 0 Å². The van der Waals surface area contributed by atoms with Gasteiger partial charge in [0.15, 0.2) is 0 Å². The van der Waals surface area contributed by atoms with E-state index >= 15 is 0 Å². The topological polar surface area (TPSA) is 70.6 Å². The smallest absolute Gasteiger partial charge is 0.145 e. The molecule has 0 radical (unpaired) electrons. The van der Waals surface area contributed by atoms with Crippen molar-refractivity contribution in [2.45, 2.75) is 6.92 Å². The number of hydrogen-bond donors (Lipinski definition) is 1. The molecule has 1 aliphatic heterocycles. The van der Waals surface area contributed by atoms with Crippen molar-refractivity contribution in [1.82, 2.24) is 25.1 Å². The molecular formula is C15H14N6S. The molecule has 0 unspecified atom stereocenters. The van der Waals surface area contributed by atoms with Gasteiger partial charge in [-0.25, -0.2) is 9.97 Å². The Kier molecular flexibility index (Phi) is 3.27. The van der Waals surface area contributed by atoms with Crippen LogP contribution in [0.15, 0.2) is 37.1 Å². The average Bonchev–Trinajstić information content (AvgIpc) is 3.03. The normalized spacial score (nSPS) is 15.1. The molecule has 0 spiro atoms. The number of anilines is 1. The van der Waals surface area contributed by atoms with Crippen molar-refractivity contribution in [1.29, 1.82) is 0 Å². The summed E-state index contributed by atoms with van der Waals surface area (Å²) >= 11 is 1.83. The van der Waals surface area contributed by atoms with Crippen LogP contribution in [0.25, 0.3) is 15.9 Å². The summed E-state index contributed by atoms with van der Waals surface area (Å²) in [6.07, 6.45) is 7.43. The van der Waals surface area contributed by atoms with Crippen molar-refractivity contribution in [2.75, 3.05) is 17.2 Å². The van der Waals surface area contributed by atoms with Gasteiger partial charge >= 0.3 is 0 Å². The monoisotopic (exact) mass is 310 g/mol. The highest BCUT2D eigenvalue weighted by Crippen LogP contribution is 2.34. The molecule has 1 aliphatic rings. The van der Waals surface area contributed by atoms with Crippen LogP contribution in [-0.4, -0.2) is 37.4 Å². The summed E-state index contributed by atoms with van der Waals surface area (Å²) in [6.45, 7) is 2.87. The molecule has 0 atom stereocenters. The SMILES string of the molecule is Cc1cc(C2=CN(c3ncnc4[nH]ccc34)CCS2)cnn1. The van der Waals surface area contributed by atoms with Crippen LogP contribution in [0.3, 0.4) is 0 Å². The van der Waals surface area contributed by atoms with Crippen LogP contribution in [0.5, 0.6) is 0 Å². The van der Waals surface area contributed by atoms with E-state index in [0.29, 0.717) is 0 Å². The lowest BCUT2D eigenvalue weighted by molar-refractivity contribution is 0.970. The fourth-order valence-electron chi connectivity index (χ4n) is 2.52. The Bertz CT molecular complexity index is 856. The first-order valence-corrected chi connectivity index (χ1v) is 7.99. The highest BCUT2D eigenvalue weighted by molar-refractivity contribution is 8.08. The van der Waals surface area contributed by atoms with Crippen LogP contribution in [0.4, 0.5) is 5.82 Å². The minimum absolute atomic E-state index is 0.861. The summed E-state index contributed by atoms with van der Waals surface area (Å²) in [4.78, 5) is 15.2. The van der Waals surface area contributed by atoms with Crippen molar-refractivity contribution >= 4 is 33.5 Å². The van der Waals surface area contributed by atoms with E-state index in [4.69, 9.17) is 0 Å². The predicted molar refractivity (Wildman–Crippen MR) is 88.4 cm³/mol. The third kappa shape index (κ3) is 2.33. The molecule has 22 heavy (non-hydrogen) atoms. The zero-order valence-corrected chi connectivity index (χ0v) is 12.8. The second kappa shape index (κ2) is 5.42. The minimum atomic E-state index is 0.861. The van der Waals surface area contributed by atoms with E-state index in [9.17, 15) is 0 Å². The van der Waals surface area contributed by atoms with Gasteiger partial charge in [-0.15, -0.1) is 11.8 Å². The van der Waals surface area contributed by atoms with E-state index in [1.165, 1.54) is 4.91 Å². The van der Waals surface area contributed by atoms with Crippen LogP contribution in [-0.2, 0) is 0 Å². The molecule has 4 heterocycles. The molecular weight excluding hydrogens is 296 g/mol. The van der Waals surface area contributed by atoms with Crippen molar-refractivity contribution in [3.63, 3.8) is 0 Å². The largest absolute Gasteiger partial charge is 0.346 e. The highest BCUT2D eigenvalue weighted by atomic mass is 32.2. The standard InChI is InChI=1S/C15H14N6S/c1-10-6-11(7-19-20-10)13-8-21(4-5-22-13)15-12-2-3-16-14(12)17-9-18-15/h2-3,6-9H,4-5H2,1H3,(H,16,17,18). The number of H-pyrrole nitrogens is 1. The number of aromatic amines is 1. The number of hydrogen-bond acceptors (Lipinski definition) is 6. The van der Waals surface area contributed by atoms with Gasteiger partial charge in [0.1, 0.15) is 17.8 Å². The van der Waals surface area contributed by atoms with Gasteiger partial charge in [-0.3, -0.25) is 0 Å². The predicted octanol–water partition coefficient (Wildman–Crippen LogP) is 2.61. The van der Waals surface area contributed by atoms with Gasteiger partial charge in [-0.1, -0.05) is 0 Å². The molecule has 6 nitrogen and oxygen atoms in total. The summed E-state index contributed by atoms with van der Waals surface area (Å²) < 4.78 is 0. The fourth-order valence-corrected chi connectivity index (χ4v) is 3.51. The molecule has 7 heteroatoms. The molecule has 0 amide bonds. The zero-order valence-electron chi connectivity index (χ0n) is 12.0. The van der Waals surface area contributed by atoms with Crippen LogP contribution >= 0.6 is 11.8 Å². The van der Waals surface area contributed by atoms with E-state index in [1.54, 1.807) is 12.5 Å². The van der Waals surface area contributed by atoms with E-state index in [1.807, 2.05) is 30.9 Å². The van der Waals surface area contributed by atoms with E-state index in [2.05, 4.69) is 42.3 Å². The number of thioether (sulfide) groups is 1. The molecule has 0 aliphatic carbocycles. The molecule has 3 aromatic heterocycles. The molecule has 3 aromatic rings. The second-order valence-electron chi connectivity index (χ2n) is 5.06. The Balaban J connectivity index is 1.76. The van der Waals surface area contributed by atoms with Gasteiger partial charge in [0.2, 0.25) is 0 Å². The first-order valence-electron chi connectivity index (χ1n) is 7.00. The van der Waals surface area contributed by atoms with Gasteiger partial charge in [0, 0.05) is 35.2 Å². The third-order valence-corrected chi connectivity index (χ3v) is 4.57. The Morgan fingerprint density at radius 1 is 1.32 bits per heavy atom. The van der Waals surface area contributed by atoms with Crippen LogP contribution < -0.4 is 4.90 Å².